The van der Waals surface area contributed by atoms with Crippen LogP contribution in [0.15, 0.2) is 36.8 Å². The molecule has 0 saturated carbocycles. The summed E-state index contributed by atoms with van der Waals surface area (Å²) in [6.45, 7) is 1.01. The fourth-order valence-electron chi connectivity index (χ4n) is 5.05. The second-order valence-electron chi connectivity index (χ2n) is 8.13. The monoisotopic (exact) mass is 378 g/mol. The van der Waals surface area contributed by atoms with Crippen LogP contribution < -0.4 is 11.1 Å². The zero-order valence-corrected chi connectivity index (χ0v) is 16.1. The zero-order valence-electron chi connectivity index (χ0n) is 16.1. The van der Waals surface area contributed by atoms with Crippen molar-refractivity contribution in [3.05, 3.63) is 48.0 Å². The molecular weight excluding hydrogens is 352 g/mol. The number of carbonyl (C=O) groups excluding carboxylic acids is 1. The normalized spacial score (nSPS) is 24.7. The third-order valence-electron chi connectivity index (χ3n) is 6.48. The highest BCUT2D eigenvalue weighted by Gasteiger charge is 2.41. The highest BCUT2D eigenvalue weighted by Crippen LogP contribution is 2.39. The minimum absolute atomic E-state index is 0.334. The van der Waals surface area contributed by atoms with Crippen LogP contribution in [0.5, 0.6) is 0 Å². The standard InChI is InChI=1S/C21H26N6O/c1-26-8-2-3-16(26)12-27-14-4-5-15(27)10-13(9-14)25-19-17-6-7-23-21(17)24-11-18(19)20(22)28/h2-3,6-8,11,13-15H,4-5,9-10,12H2,1H3,(H2,22,28)(H2,23,24,25)/t13?,14-,15+. The average Bonchev–Trinajstić information content (AvgIpc) is 3.35. The van der Waals surface area contributed by atoms with Crippen molar-refractivity contribution in [2.45, 2.75) is 50.4 Å². The lowest BCUT2D eigenvalue weighted by atomic mass is 9.96. The lowest BCUT2D eigenvalue weighted by molar-refractivity contribution is 0.100. The van der Waals surface area contributed by atoms with E-state index in [1.54, 1.807) is 6.20 Å². The molecular formula is C21H26N6O. The number of piperidine rings is 1. The van der Waals surface area contributed by atoms with E-state index in [2.05, 4.69) is 50.1 Å². The lowest BCUT2D eigenvalue weighted by Gasteiger charge is -2.39. The van der Waals surface area contributed by atoms with Crippen LogP contribution in [0, 0.1) is 0 Å². The fraction of sp³-hybridized carbons (Fsp3) is 0.429. The minimum atomic E-state index is -0.442. The summed E-state index contributed by atoms with van der Waals surface area (Å²) in [7, 11) is 2.11. The van der Waals surface area contributed by atoms with Crippen molar-refractivity contribution >= 4 is 22.6 Å². The molecule has 3 aromatic rings. The first kappa shape index (κ1) is 17.3. The second kappa shape index (κ2) is 6.67. The topological polar surface area (TPSA) is 92.0 Å². The molecule has 5 rings (SSSR count). The Morgan fingerprint density at radius 2 is 2.11 bits per heavy atom. The molecule has 4 N–H and O–H groups in total. The van der Waals surface area contributed by atoms with Gasteiger partial charge in [-0.15, -0.1) is 0 Å². The first-order chi connectivity index (χ1) is 13.6. The number of hydrogen-bond acceptors (Lipinski definition) is 4. The van der Waals surface area contributed by atoms with Crippen molar-refractivity contribution in [2.75, 3.05) is 5.32 Å². The highest BCUT2D eigenvalue weighted by molar-refractivity contribution is 6.05. The molecule has 2 saturated heterocycles. The Hall–Kier alpha value is -2.80. The fourth-order valence-corrected chi connectivity index (χ4v) is 5.05. The van der Waals surface area contributed by atoms with Crippen LogP contribution in [0.3, 0.4) is 0 Å². The summed E-state index contributed by atoms with van der Waals surface area (Å²) in [6, 6.07) is 7.76. The lowest BCUT2D eigenvalue weighted by Crippen LogP contribution is -2.46. The molecule has 2 bridgehead atoms. The Morgan fingerprint density at radius 1 is 1.32 bits per heavy atom. The van der Waals surface area contributed by atoms with E-state index in [1.807, 2.05) is 12.3 Å². The van der Waals surface area contributed by atoms with Crippen LogP contribution in [-0.4, -0.2) is 43.5 Å². The number of pyridine rings is 1. The largest absolute Gasteiger partial charge is 0.381 e. The molecule has 2 fully saturated rings. The average molecular weight is 378 g/mol. The molecule has 3 aromatic heterocycles. The Bertz CT molecular complexity index is 1010. The van der Waals surface area contributed by atoms with Gasteiger partial charge in [0.25, 0.3) is 5.91 Å². The molecule has 0 radical (unpaired) electrons. The van der Waals surface area contributed by atoms with Crippen LogP contribution in [0.1, 0.15) is 41.7 Å². The summed E-state index contributed by atoms with van der Waals surface area (Å²) in [4.78, 5) is 22.1. The molecule has 3 atom stereocenters. The number of nitrogens with zero attached hydrogens (tertiary/aromatic N) is 3. The van der Waals surface area contributed by atoms with E-state index in [4.69, 9.17) is 5.73 Å². The van der Waals surface area contributed by atoms with Crippen LogP contribution in [0.4, 0.5) is 5.69 Å². The smallest absolute Gasteiger partial charge is 0.252 e. The maximum Gasteiger partial charge on any atom is 0.252 e. The molecule has 146 valence electrons. The number of primary amides is 1. The van der Waals surface area contributed by atoms with Crippen molar-refractivity contribution in [2.24, 2.45) is 12.8 Å². The van der Waals surface area contributed by atoms with Gasteiger partial charge in [-0.1, -0.05) is 0 Å². The number of aromatic nitrogens is 3. The number of aromatic amines is 1. The minimum Gasteiger partial charge on any atom is -0.381 e. The summed E-state index contributed by atoms with van der Waals surface area (Å²) < 4.78 is 2.21. The van der Waals surface area contributed by atoms with Gasteiger partial charge >= 0.3 is 0 Å². The Balaban J connectivity index is 1.37. The van der Waals surface area contributed by atoms with Crippen LogP contribution in [0.2, 0.25) is 0 Å². The first-order valence-corrected chi connectivity index (χ1v) is 9.98. The number of fused-ring (bicyclic) bond motifs is 3. The molecule has 1 unspecified atom stereocenters. The Labute approximate surface area is 163 Å². The number of rotatable bonds is 5. The molecule has 28 heavy (non-hydrogen) atoms. The van der Waals surface area contributed by atoms with E-state index >= 15 is 0 Å². The summed E-state index contributed by atoms with van der Waals surface area (Å²) in [5, 5.41) is 4.58. The molecule has 5 heterocycles. The molecule has 7 heteroatoms. The van der Waals surface area contributed by atoms with E-state index in [0.717, 1.165) is 36.1 Å². The summed E-state index contributed by atoms with van der Waals surface area (Å²) in [6.07, 6.45) is 10.2. The van der Waals surface area contributed by atoms with Gasteiger partial charge in [-0.3, -0.25) is 9.69 Å². The molecule has 7 nitrogen and oxygen atoms in total. The van der Waals surface area contributed by atoms with Gasteiger partial charge < -0.3 is 20.6 Å². The molecule has 0 aromatic carbocycles. The van der Waals surface area contributed by atoms with Gasteiger partial charge in [-0.05, 0) is 43.9 Å². The summed E-state index contributed by atoms with van der Waals surface area (Å²) in [5.74, 6) is -0.442. The number of aryl methyl sites for hydroxylation is 1. The number of nitrogens with one attached hydrogen (secondary N) is 2. The van der Waals surface area contributed by atoms with Gasteiger partial charge in [0.05, 0.1) is 11.3 Å². The van der Waals surface area contributed by atoms with Gasteiger partial charge in [0.2, 0.25) is 0 Å². The van der Waals surface area contributed by atoms with Crippen LogP contribution in [0.25, 0.3) is 11.0 Å². The van der Waals surface area contributed by atoms with Gasteiger partial charge in [0.15, 0.2) is 0 Å². The van der Waals surface area contributed by atoms with Gasteiger partial charge in [-0.2, -0.15) is 0 Å². The number of H-pyrrole nitrogens is 1. The maximum atomic E-state index is 12.0. The number of nitrogens with two attached hydrogens (primary N) is 1. The number of hydrogen-bond donors (Lipinski definition) is 3. The molecule has 2 aliphatic rings. The molecule has 1 amide bonds. The van der Waals surface area contributed by atoms with E-state index < -0.39 is 5.91 Å². The van der Waals surface area contributed by atoms with E-state index in [1.165, 1.54) is 18.5 Å². The summed E-state index contributed by atoms with van der Waals surface area (Å²) in [5.41, 5.74) is 9.04. The summed E-state index contributed by atoms with van der Waals surface area (Å²) >= 11 is 0. The number of amides is 1. The van der Waals surface area contributed by atoms with Crippen molar-refractivity contribution in [3.63, 3.8) is 0 Å². The van der Waals surface area contributed by atoms with E-state index in [9.17, 15) is 4.79 Å². The van der Waals surface area contributed by atoms with E-state index in [-0.39, 0.29) is 0 Å². The third kappa shape index (κ3) is 2.86. The van der Waals surface area contributed by atoms with Gasteiger partial charge in [0, 0.05) is 61.4 Å². The molecule has 0 aliphatic carbocycles. The quantitative estimate of drug-likeness (QED) is 0.636. The first-order valence-electron chi connectivity index (χ1n) is 9.98. The van der Waals surface area contributed by atoms with Crippen molar-refractivity contribution < 1.29 is 4.79 Å². The zero-order chi connectivity index (χ0) is 19.3. The van der Waals surface area contributed by atoms with Crippen molar-refractivity contribution in [3.8, 4) is 0 Å². The second-order valence-corrected chi connectivity index (χ2v) is 8.13. The molecule has 2 aliphatic heterocycles. The van der Waals surface area contributed by atoms with Crippen molar-refractivity contribution in [1.82, 2.24) is 19.4 Å². The van der Waals surface area contributed by atoms with Crippen LogP contribution >= 0.6 is 0 Å². The molecule has 0 spiro atoms. The highest BCUT2D eigenvalue weighted by atomic mass is 16.1. The maximum absolute atomic E-state index is 12.0. The number of carbonyl (C=O) groups is 1. The third-order valence-corrected chi connectivity index (χ3v) is 6.48. The van der Waals surface area contributed by atoms with Gasteiger partial charge in [0.1, 0.15) is 5.65 Å². The SMILES string of the molecule is Cn1cccc1CN1[C@@H]2CC[C@H]1CC(Nc1c(C(N)=O)cnc3[nH]ccc13)C2. The predicted molar refractivity (Wildman–Crippen MR) is 109 cm³/mol. The Morgan fingerprint density at radius 3 is 2.79 bits per heavy atom. The van der Waals surface area contributed by atoms with Crippen molar-refractivity contribution in [1.29, 1.82) is 0 Å². The van der Waals surface area contributed by atoms with Crippen LogP contribution in [-0.2, 0) is 13.6 Å². The number of anilines is 1. The van der Waals surface area contributed by atoms with Gasteiger partial charge in [-0.25, -0.2) is 4.98 Å². The Kier molecular flexibility index (Phi) is 4.12. The van der Waals surface area contributed by atoms with E-state index in [0.29, 0.717) is 23.7 Å². The predicted octanol–water partition coefficient (Wildman–Crippen LogP) is 2.61.